The fraction of sp³-hybridized carbons (Fsp3) is 1.00. The summed E-state index contributed by atoms with van der Waals surface area (Å²) in [5, 5.41) is 3.84. The molecule has 0 bridgehead atoms. The predicted molar refractivity (Wildman–Crippen MR) is 96.2 cm³/mol. The lowest BCUT2D eigenvalue weighted by Crippen LogP contribution is -2.48. The fourth-order valence-electron chi connectivity index (χ4n) is 3.82. The summed E-state index contributed by atoms with van der Waals surface area (Å²) in [6, 6.07) is 1.59. The highest BCUT2D eigenvalue weighted by Gasteiger charge is 2.37. The standard InChI is InChI=1S/C18H36N2S/c1-5-17(12-21-4)20(3)14-18(13-19-16-6-7-16)10-8-15(2)9-11-18/h15-17,19H,5-14H2,1-4H3. The largest absolute Gasteiger partial charge is 0.313 e. The van der Waals surface area contributed by atoms with Gasteiger partial charge in [-0.1, -0.05) is 26.7 Å². The van der Waals surface area contributed by atoms with Gasteiger partial charge in [-0.2, -0.15) is 11.8 Å². The monoisotopic (exact) mass is 312 g/mol. The molecule has 2 saturated carbocycles. The van der Waals surface area contributed by atoms with Crippen LogP contribution in [0.4, 0.5) is 0 Å². The van der Waals surface area contributed by atoms with Gasteiger partial charge in [0.05, 0.1) is 0 Å². The molecule has 2 aliphatic carbocycles. The average Bonchev–Trinajstić information content (AvgIpc) is 3.30. The Morgan fingerprint density at radius 3 is 2.43 bits per heavy atom. The van der Waals surface area contributed by atoms with E-state index in [9.17, 15) is 0 Å². The lowest BCUT2D eigenvalue weighted by molar-refractivity contribution is 0.0818. The molecular formula is C18H36N2S. The highest BCUT2D eigenvalue weighted by Crippen LogP contribution is 2.40. The Hall–Kier alpha value is 0.270. The fourth-order valence-corrected chi connectivity index (χ4v) is 4.70. The molecule has 0 heterocycles. The van der Waals surface area contributed by atoms with Crippen molar-refractivity contribution in [2.45, 2.75) is 70.9 Å². The summed E-state index contributed by atoms with van der Waals surface area (Å²) in [5.74, 6) is 2.22. The van der Waals surface area contributed by atoms with Gasteiger partial charge < -0.3 is 10.2 Å². The van der Waals surface area contributed by atoms with Crippen molar-refractivity contribution in [3.63, 3.8) is 0 Å². The Kier molecular flexibility index (Phi) is 6.89. The van der Waals surface area contributed by atoms with Crippen molar-refractivity contribution >= 4 is 11.8 Å². The maximum absolute atomic E-state index is 3.84. The first-order valence-corrected chi connectivity index (χ1v) is 10.4. The van der Waals surface area contributed by atoms with Gasteiger partial charge in [-0.05, 0) is 56.7 Å². The van der Waals surface area contributed by atoms with Crippen LogP contribution >= 0.6 is 11.8 Å². The van der Waals surface area contributed by atoms with E-state index in [0.29, 0.717) is 5.41 Å². The zero-order chi connectivity index (χ0) is 15.3. The molecule has 0 aromatic rings. The van der Waals surface area contributed by atoms with Crippen LogP contribution in [0.1, 0.15) is 58.8 Å². The summed E-state index contributed by atoms with van der Waals surface area (Å²) in [5.41, 5.74) is 0.537. The smallest absolute Gasteiger partial charge is 0.0180 e. The molecule has 3 heteroatoms. The lowest BCUT2D eigenvalue weighted by atomic mass is 9.70. The van der Waals surface area contributed by atoms with E-state index in [1.807, 2.05) is 11.8 Å². The Morgan fingerprint density at radius 2 is 1.90 bits per heavy atom. The maximum Gasteiger partial charge on any atom is 0.0180 e. The van der Waals surface area contributed by atoms with Gasteiger partial charge in [0.25, 0.3) is 0 Å². The Bertz CT molecular complexity index is 296. The van der Waals surface area contributed by atoms with Gasteiger partial charge in [0.2, 0.25) is 0 Å². The summed E-state index contributed by atoms with van der Waals surface area (Å²) in [6.07, 6.45) is 12.0. The van der Waals surface area contributed by atoms with Crippen molar-refractivity contribution in [3.8, 4) is 0 Å². The number of hydrogen-bond acceptors (Lipinski definition) is 3. The van der Waals surface area contributed by atoms with Crippen LogP contribution < -0.4 is 5.32 Å². The minimum Gasteiger partial charge on any atom is -0.313 e. The molecule has 0 aromatic carbocycles. The second-order valence-corrected chi connectivity index (χ2v) is 8.68. The summed E-state index contributed by atoms with van der Waals surface area (Å²) >= 11 is 1.99. The van der Waals surface area contributed by atoms with Crippen LogP contribution in [0.25, 0.3) is 0 Å². The second-order valence-electron chi connectivity index (χ2n) is 7.77. The van der Waals surface area contributed by atoms with E-state index in [1.54, 1.807) is 0 Å². The van der Waals surface area contributed by atoms with Gasteiger partial charge in [-0.3, -0.25) is 0 Å². The molecule has 1 N–H and O–H groups in total. The molecule has 2 fully saturated rings. The molecule has 0 aliphatic heterocycles. The first-order valence-electron chi connectivity index (χ1n) is 9.01. The second kappa shape index (κ2) is 8.21. The molecular weight excluding hydrogens is 276 g/mol. The summed E-state index contributed by atoms with van der Waals surface area (Å²) < 4.78 is 0. The highest BCUT2D eigenvalue weighted by molar-refractivity contribution is 7.98. The van der Waals surface area contributed by atoms with Crippen LogP contribution in [-0.2, 0) is 0 Å². The van der Waals surface area contributed by atoms with Crippen molar-refractivity contribution in [2.75, 3.05) is 32.1 Å². The van der Waals surface area contributed by atoms with Gasteiger partial charge >= 0.3 is 0 Å². The topological polar surface area (TPSA) is 15.3 Å². The molecule has 0 amide bonds. The molecule has 0 spiro atoms. The van der Waals surface area contributed by atoms with Crippen LogP contribution in [0.2, 0.25) is 0 Å². The maximum atomic E-state index is 3.84. The van der Waals surface area contributed by atoms with E-state index >= 15 is 0 Å². The van der Waals surface area contributed by atoms with Crippen molar-refractivity contribution in [1.29, 1.82) is 0 Å². The molecule has 2 nitrogen and oxygen atoms in total. The molecule has 0 saturated heterocycles. The minimum atomic E-state index is 0.537. The van der Waals surface area contributed by atoms with Gasteiger partial charge in [-0.25, -0.2) is 0 Å². The van der Waals surface area contributed by atoms with Crippen molar-refractivity contribution in [2.24, 2.45) is 11.3 Å². The third kappa shape index (κ3) is 5.44. The number of hydrogen-bond donors (Lipinski definition) is 1. The van der Waals surface area contributed by atoms with E-state index in [2.05, 4.69) is 37.4 Å². The Labute approximate surface area is 136 Å². The minimum absolute atomic E-state index is 0.537. The first-order chi connectivity index (χ1) is 10.1. The van der Waals surface area contributed by atoms with Crippen LogP contribution in [0.15, 0.2) is 0 Å². The van der Waals surface area contributed by atoms with E-state index < -0.39 is 0 Å². The third-order valence-electron chi connectivity index (χ3n) is 5.72. The van der Waals surface area contributed by atoms with E-state index in [1.165, 1.54) is 63.8 Å². The Morgan fingerprint density at radius 1 is 1.24 bits per heavy atom. The lowest BCUT2D eigenvalue weighted by Gasteiger charge is -2.44. The predicted octanol–water partition coefficient (Wildman–Crippen LogP) is 4.01. The third-order valence-corrected chi connectivity index (χ3v) is 6.43. The van der Waals surface area contributed by atoms with Gasteiger partial charge in [0.1, 0.15) is 0 Å². The summed E-state index contributed by atoms with van der Waals surface area (Å²) in [6.45, 7) is 7.32. The average molecular weight is 313 g/mol. The van der Waals surface area contributed by atoms with Crippen LogP contribution in [0, 0.1) is 11.3 Å². The molecule has 0 aromatic heterocycles. The van der Waals surface area contributed by atoms with Crippen molar-refractivity contribution in [3.05, 3.63) is 0 Å². The van der Waals surface area contributed by atoms with E-state index in [0.717, 1.165) is 18.0 Å². The van der Waals surface area contributed by atoms with Crippen LogP contribution in [-0.4, -0.2) is 49.1 Å². The van der Waals surface area contributed by atoms with Gasteiger partial charge in [-0.15, -0.1) is 0 Å². The zero-order valence-corrected chi connectivity index (χ0v) is 15.5. The van der Waals surface area contributed by atoms with Gasteiger partial charge in [0.15, 0.2) is 0 Å². The zero-order valence-electron chi connectivity index (χ0n) is 14.7. The van der Waals surface area contributed by atoms with E-state index in [4.69, 9.17) is 0 Å². The Balaban J connectivity index is 1.93. The number of rotatable bonds is 9. The highest BCUT2D eigenvalue weighted by atomic mass is 32.2. The number of nitrogens with zero attached hydrogens (tertiary/aromatic N) is 1. The normalized spacial score (nSPS) is 31.6. The van der Waals surface area contributed by atoms with E-state index in [-0.39, 0.29) is 0 Å². The van der Waals surface area contributed by atoms with Crippen LogP contribution in [0.3, 0.4) is 0 Å². The number of thioether (sulfide) groups is 1. The molecule has 1 atom stereocenters. The molecule has 1 unspecified atom stereocenters. The van der Waals surface area contributed by atoms with Gasteiger partial charge in [0, 0.05) is 30.9 Å². The quantitative estimate of drug-likeness (QED) is 0.692. The molecule has 2 aliphatic rings. The SMILES string of the molecule is CCC(CSC)N(C)CC1(CNC2CC2)CCC(C)CC1. The molecule has 0 radical (unpaired) electrons. The van der Waals surface area contributed by atoms with Crippen LogP contribution in [0.5, 0.6) is 0 Å². The molecule has 21 heavy (non-hydrogen) atoms. The van der Waals surface area contributed by atoms with Crippen molar-refractivity contribution < 1.29 is 0 Å². The molecule has 124 valence electrons. The number of nitrogens with one attached hydrogen (secondary N) is 1. The van der Waals surface area contributed by atoms with Crippen molar-refractivity contribution in [1.82, 2.24) is 10.2 Å². The summed E-state index contributed by atoms with van der Waals surface area (Å²) in [4.78, 5) is 2.67. The summed E-state index contributed by atoms with van der Waals surface area (Å²) in [7, 11) is 2.36. The first kappa shape index (κ1) is 17.6. The molecule has 2 rings (SSSR count).